The van der Waals surface area contributed by atoms with Gasteiger partial charge in [-0.3, -0.25) is 9.57 Å². The first-order valence-corrected chi connectivity index (χ1v) is 15.8. The Bertz CT molecular complexity index is 1630. The van der Waals surface area contributed by atoms with Gasteiger partial charge in [0.2, 0.25) is 11.8 Å². The van der Waals surface area contributed by atoms with Crippen molar-refractivity contribution in [3.8, 4) is 23.0 Å². The van der Waals surface area contributed by atoms with E-state index in [1.54, 1.807) is 6.20 Å². The molecule has 3 fully saturated rings. The average molecular weight is 598 g/mol. The molecule has 0 unspecified atom stereocenters. The highest BCUT2D eigenvalue weighted by molar-refractivity contribution is 7.92. The van der Waals surface area contributed by atoms with Crippen LogP contribution >= 0.6 is 0 Å². The van der Waals surface area contributed by atoms with Gasteiger partial charge in [-0.1, -0.05) is 12.1 Å². The van der Waals surface area contributed by atoms with Gasteiger partial charge in [0.15, 0.2) is 5.82 Å². The predicted octanol–water partition coefficient (Wildman–Crippen LogP) is 4.63. The molecule has 3 aliphatic rings. The molecule has 220 valence electrons. The monoisotopic (exact) mass is 597 g/mol. The second kappa shape index (κ2) is 10.4. The number of nitrogens with one attached hydrogen (secondary N) is 2. The molecule has 2 N–H and O–H groups in total. The summed E-state index contributed by atoms with van der Waals surface area (Å²) in [6.45, 7) is 0.998. The van der Waals surface area contributed by atoms with E-state index in [-0.39, 0.29) is 12.2 Å². The van der Waals surface area contributed by atoms with Crippen molar-refractivity contribution in [1.29, 1.82) is 10.0 Å². The van der Waals surface area contributed by atoms with E-state index >= 15 is 0 Å². The number of pyridine rings is 1. The number of hydrogen-bond donors (Lipinski definition) is 2. The van der Waals surface area contributed by atoms with E-state index in [9.17, 15) is 27.4 Å². The molecule has 2 saturated carbocycles. The van der Waals surface area contributed by atoms with Gasteiger partial charge in [0.25, 0.3) is 0 Å². The van der Waals surface area contributed by atoms with Crippen LogP contribution in [0.3, 0.4) is 0 Å². The lowest BCUT2D eigenvalue weighted by Crippen LogP contribution is -2.45. The van der Waals surface area contributed by atoms with Gasteiger partial charge in [0, 0.05) is 76.4 Å². The number of nitrogens with zero attached hydrogens (tertiary/aromatic N) is 5. The van der Waals surface area contributed by atoms with Crippen molar-refractivity contribution in [2.45, 2.75) is 49.5 Å². The molecular formula is C29H30F3N7O2S. The lowest BCUT2D eigenvalue weighted by atomic mass is 9.74. The average Bonchev–Trinajstić information content (AvgIpc) is 3.59. The van der Waals surface area contributed by atoms with E-state index in [1.807, 2.05) is 24.3 Å². The predicted molar refractivity (Wildman–Crippen MR) is 150 cm³/mol. The summed E-state index contributed by atoms with van der Waals surface area (Å²) < 4.78 is 64.7. The van der Waals surface area contributed by atoms with Gasteiger partial charge in [-0.15, -0.1) is 0 Å². The number of anilines is 1. The molecule has 0 spiro atoms. The summed E-state index contributed by atoms with van der Waals surface area (Å²) in [7, 11) is -2.54. The number of rotatable bonds is 6. The maximum Gasteiger partial charge on any atom is 0.248 e. The Kier molecular flexibility index (Phi) is 7.00. The van der Waals surface area contributed by atoms with Gasteiger partial charge >= 0.3 is 0 Å². The van der Waals surface area contributed by atoms with E-state index < -0.39 is 57.6 Å². The van der Waals surface area contributed by atoms with Gasteiger partial charge in [0.05, 0.1) is 18.0 Å². The summed E-state index contributed by atoms with van der Waals surface area (Å²) in [4.78, 5) is 19.6. The molecule has 3 aromatic rings. The van der Waals surface area contributed by atoms with Gasteiger partial charge in [0.1, 0.15) is 11.4 Å². The van der Waals surface area contributed by atoms with Gasteiger partial charge < -0.3 is 10.2 Å². The zero-order chi connectivity index (χ0) is 29.7. The maximum atomic E-state index is 14.9. The minimum atomic E-state index is -3.00. The Morgan fingerprint density at radius 2 is 1.83 bits per heavy atom. The van der Waals surface area contributed by atoms with Crippen LogP contribution in [0.4, 0.5) is 18.9 Å². The molecule has 2 aliphatic carbocycles. The van der Waals surface area contributed by atoms with E-state index in [4.69, 9.17) is 4.78 Å². The third kappa shape index (κ3) is 5.72. The summed E-state index contributed by atoms with van der Waals surface area (Å²) in [5.41, 5.74) is 1.49. The summed E-state index contributed by atoms with van der Waals surface area (Å²) in [5, 5.41) is 16.9. The van der Waals surface area contributed by atoms with Crippen LogP contribution in [-0.4, -0.2) is 60.9 Å². The Labute approximate surface area is 241 Å². The minimum absolute atomic E-state index is 0.0564. The fourth-order valence-corrected chi connectivity index (χ4v) is 7.03. The number of alkyl halides is 2. The molecule has 1 amide bonds. The first-order valence-electron chi connectivity index (χ1n) is 13.9. The largest absolute Gasteiger partial charge is 0.370 e. The normalized spacial score (nSPS) is 24.0. The smallest absolute Gasteiger partial charge is 0.248 e. The number of aromatic nitrogens is 3. The molecule has 13 heteroatoms. The lowest BCUT2D eigenvalue weighted by Gasteiger charge is -2.35. The molecule has 6 rings (SSSR count). The molecule has 3 heterocycles. The second-order valence-corrected chi connectivity index (χ2v) is 13.9. The molecule has 9 nitrogen and oxygen atoms in total. The number of benzene rings is 1. The van der Waals surface area contributed by atoms with Crippen LogP contribution in [0.5, 0.6) is 0 Å². The third-order valence-electron chi connectivity index (χ3n) is 8.45. The van der Waals surface area contributed by atoms with Crippen LogP contribution in [-0.2, 0) is 14.5 Å². The molecule has 2 atom stereocenters. The van der Waals surface area contributed by atoms with Crippen LogP contribution in [0.15, 0.2) is 48.8 Å². The molecule has 1 aromatic carbocycles. The number of amides is 1. The Morgan fingerprint density at radius 1 is 1.12 bits per heavy atom. The summed E-state index contributed by atoms with van der Waals surface area (Å²) >= 11 is 0. The molecular weight excluding hydrogens is 567 g/mol. The highest BCUT2D eigenvalue weighted by atomic mass is 32.2. The van der Waals surface area contributed by atoms with Crippen LogP contribution < -0.4 is 10.2 Å². The molecule has 1 aliphatic heterocycles. The summed E-state index contributed by atoms with van der Waals surface area (Å²) in [6.07, 6.45) is 2.68. The lowest BCUT2D eigenvalue weighted by molar-refractivity contribution is -0.131. The van der Waals surface area contributed by atoms with E-state index in [2.05, 4.69) is 26.4 Å². The SMILES string of the molecule is N#CC1(NC(=O)[C@@H]2CCC(F)(F)C[C@H]2c2nn(-c3ccc(F)cn3)cc2-c2ccc(N3CCS(=N)(=O)CC3)cc2)CC1. The van der Waals surface area contributed by atoms with Crippen LogP contribution in [0.2, 0.25) is 0 Å². The number of halogens is 3. The third-order valence-corrected chi connectivity index (χ3v) is 10.1. The quantitative estimate of drug-likeness (QED) is 0.427. The van der Waals surface area contributed by atoms with Crippen LogP contribution in [0.25, 0.3) is 16.9 Å². The van der Waals surface area contributed by atoms with Crippen molar-refractivity contribution in [1.82, 2.24) is 20.1 Å². The van der Waals surface area contributed by atoms with Crippen LogP contribution in [0, 0.1) is 27.8 Å². The highest BCUT2D eigenvalue weighted by Crippen LogP contribution is 2.48. The number of nitriles is 1. The van der Waals surface area contributed by atoms with Crippen molar-refractivity contribution in [3.05, 3.63) is 60.3 Å². The Balaban J connectivity index is 1.38. The van der Waals surface area contributed by atoms with Crippen molar-refractivity contribution in [2.75, 3.05) is 29.5 Å². The van der Waals surface area contributed by atoms with Crippen molar-refractivity contribution >= 4 is 21.3 Å². The summed E-state index contributed by atoms with van der Waals surface area (Å²) in [5.74, 6) is -4.84. The van der Waals surface area contributed by atoms with E-state index in [0.717, 1.165) is 11.9 Å². The van der Waals surface area contributed by atoms with Gasteiger partial charge in [-0.05, 0) is 49.1 Å². The second-order valence-electron chi connectivity index (χ2n) is 11.5. The van der Waals surface area contributed by atoms with E-state index in [0.29, 0.717) is 54.3 Å². The fraction of sp³-hybridized carbons (Fsp3) is 0.448. The summed E-state index contributed by atoms with van der Waals surface area (Å²) in [6, 6.07) is 12.2. The Hall–Kier alpha value is -3.92. The molecule has 42 heavy (non-hydrogen) atoms. The number of carbonyl (C=O) groups excluding carboxylic acids is 1. The van der Waals surface area contributed by atoms with Gasteiger partial charge in [-0.2, -0.15) is 10.4 Å². The minimum Gasteiger partial charge on any atom is -0.370 e. The topological polar surface area (TPSA) is 128 Å². The van der Waals surface area contributed by atoms with Gasteiger partial charge in [-0.25, -0.2) is 27.0 Å². The molecule has 0 radical (unpaired) electrons. The van der Waals surface area contributed by atoms with Crippen molar-refractivity contribution < 1.29 is 22.2 Å². The molecule has 2 aromatic heterocycles. The van der Waals surface area contributed by atoms with Crippen molar-refractivity contribution in [2.24, 2.45) is 5.92 Å². The zero-order valence-corrected chi connectivity index (χ0v) is 23.5. The first kappa shape index (κ1) is 28.2. The maximum absolute atomic E-state index is 14.9. The zero-order valence-electron chi connectivity index (χ0n) is 22.7. The fourth-order valence-electron chi connectivity index (χ4n) is 5.80. The standard InChI is InChI=1S/C29H30F3N7O2S/c30-20-3-6-25(35-16-20)39-17-24(19-1-4-21(5-2-19)38-11-13-42(34,41)14-12-38)26(37-39)23-15-29(31,32)8-7-22(23)27(40)36-28(18-33)9-10-28/h1-6,16-17,22-23,34H,7-15H2,(H,36,40)/t22-,23-/m1/s1. The first-order chi connectivity index (χ1) is 20.0. The van der Waals surface area contributed by atoms with Crippen molar-refractivity contribution in [3.63, 3.8) is 0 Å². The van der Waals surface area contributed by atoms with E-state index in [1.165, 1.54) is 16.8 Å². The number of carbonyl (C=O) groups is 1. The number of hydrogen-bond acceptors (Lipinski definition) is 7. The molecule has 0 bridgehead atoms. The molecule has 1 saturated heterocycles. The Morgan fingerprint density at radius 3 is 2.45 bits per heavy atom. The van der Waals surface area contributed by atoms with Crippen LogP contribution in [0.1, 0.15) is 43.7 Å². The highest BCUT2D eigenvalue weighted by Gasteiger charge is 2.50.